The number of pyridine rings is 1. The summed E-state index contributed by atoms with van der Waals surface area (Å²) >= 11 is 0. The topological polar surface area (TPSA) is 78.7 Å². The summed E-state index contributed by atoms with van der Waals surface area (Å²) in [5.41, 5.74) is 1.88. The lowest BCUT2D eigenvalue weighted by molar-refractivity contribution is 0.358. The molecule has 0 unspecified atom stereocenters. The number of anilines is 2. The van der Waals surface area contributed by atoms with Crippen LogP contribution in [-0.4, -0.2) is 35.3 Å². The van der Waals surface area contributed by atoms with Gasteiger partial charge in [0.1, 0.15) is 11.3 Å². The molecule has 5 rings (SSSR count). The quantitative estimate of drug-likeness (QED) is 0.177. The zero-order valence-electron chi connectivity index (χ0n) is 24.3. The van der Waals surface area contributed by atoms with Gasteiger partial charge in [-0.25, -0.2) is 9.37 Å². The summed E-state index contributed by atoms with van der Waals surface area (Å²) in [7, 11) is 4.76. The number of hydrogen-bond acceptors (Lipinski definition) is 7. The Morgan fingerprint density at radius 3 is 2.38 bits per heavy atom. The molecule has 0 aliphatic rings. The van der Waals surface area contributed by atoms with Crippen molar-refractivity contribution in [1.82, 2.24) is 14.5 Å². The molecule has 0 N–H and O–H groups in total. The molecule has 2 heterocycles. The van der Waals surface area contributed by atoms with E-state index in [2.05, 4.69) is 23.8 Å². The second kappa shape index (κ2) is 12.3. The van der Waals surface area contributed by atoms with Crippen LogP contribution in [0, 0.1) is 11.7 Å². The summed E-state index contributed by atoms with van der Waals surface area (Å²) in [6, 6.07) is 19.5. The highest BCUT2D eigenvalue weighted by atomic mass is 19.1. The van der Waals surface area contributed by atoms with E-state index in [-0.39, 0.29) is 16.9 Å². The van der Waals surface area contributed by atoms with E-state index in [4.69, 9.17) is 14.2 Å². The van der Waals surface area contributed by atoms with Gasteiger partial charge in [-0.05, 0) is 60.4 Å². The molecule has 0 aliphatic carbocycles. The van der Waals surface area contributed by atoms with Crippen LogP contribution in [0.4, 0.5) is 16.0 Å². The van der Waals surface area contributed by atoms with Gasteiger partial charge in [0, 0.05) is 37.1 Å². The number of benzene rings is 3. The van der Waals surface area contributed by atoms with Crippen LogP contribution in [-0.2, 0) is 7.05 Å². The highest BCUT2D eigenvalue weighted by Gasteiger charge is 2.19. The lowest BCUT2D eigenvalue weighted by Crippen LogP contribution is -2.30. The summed E-state index contributed by atoms with van der Waals surface area (Å²) in [5, 5.41) is 0.632. The molecule has 8 nitrogen and oxygen atoms in total. The van der Waals surface area contributed by atoms with Gasteiger partial charge in [-0.3, -0.25) is 14.3 Å². The predicted octanol–water partition coefficient (Wildman–Crippen LogP) is 7.13. The van der Waals surface area contributed by atoms with Crippen LogP contribution in [0.25, 0.3) is 22.0 Å². The Bertz CT molecular complexity index is 1770. The molecule has 42 heavy (non-hydrogen) atoms. The Morgan fingerprint density at radius 1 is 0.929 bits per heavy atom. The van der Waals surface area contributed by atoms with Crippen molar-refractivity contribution in [3.8, 4) is 34.1 Å². The fourth-order valence-electron chi connectivity index (χ4n) is 4.79. The number of para-hydroxylation sites is 1. The van der Waals surface area contributed by atoms with Gasteiger partial charge in [-0.15, -0.1) is 0 Å². The number of rotatable bonds is 10. The number of nitrogens with zero attached hydrogens (tertiary/aromatic N) is 4. The van der Waals surface area contributed by atoms with Crippen LogP contribution in [0.15, 0.2) is 83.9 Å². The molecule has 0 radical (unpaired) electrons. The first-order valence-electron chi connectivity index (χ1n) is 13.7. The van der Waals surface area contributed by atoms with Crippen LogP contribution in [0.3, 0.4) is 0 Å². The normalized spacial score (nSPS) is 11.1. The van der Waals surface area contributed by atoms with Crippen molar-refractivity contribution in [3.05, 3.63) is 95.3 Å². The highest BCUT2D eigenvalue weighted by molar-refractivity contribution is 5.92. The lowest BCUT2D eigenvalue weighted by atomic mass is 10.1. The maximum absolute atomic E-state index is 15.4. The summed E-state index contributed by atoms with van der Waals surface area (Å²) < 4.78 is 33.7. The number of ether oxygens (including phenoxy) is 3. The van der Waals surface area contributed by atoms with Crippen LogP contribution in [0.2, 0.25) is 0 Å². The van der Waals surface area contributed by atoms with Gasteiger partial charge in [0.05, 0.1) is 19.8 Å². The van der Waals surface area contributed by atoms with Gasteiger partial charge in [0.2, 0.25) is 5.95 Å². The zero-order chi connectivity index (χ0) is 29.8. The minimum absolute atomic E-state index is 0.00590. The third-order valence-corrected chi connectivity index (χ3v) is 7.06. The van der Waals surface area contributed by atoms with E-state index in [0.717, 1.165) is 12.1 Å². The summed E-state index contributed by atoms with van der Waals surface area (Å²) in [5.74, 6) is 1.77. The second-order valence-electron chi connectivity index (χ2n) is 10.3. The molecule has 9 heteroatoms. The summed E-state index contributed by atoms with van der Waals surface area (Å²) in [4.78, 5) is 24.6. The van der Waals surface area contributed by atoms with Crippen molar-refractivity contribution >= 4 is 22.5 Å². The van der Waals surface area contributed by atoms with Gasteiger partial charge in [0.15, 0.2) is 23.1 Å². The maximum Gasteiger partial charge on any atom is 0.262 e. The fourth-order valence-corrected chi connectivity index (χ4v) is 4.79. The number of aromatic nitrogens is 3. The van der Waals surface area contributed by atoms with Crippen molar-refractivity contribution in [1.29, 1.82) is 0 Å². The molecule has 0 saturated heterocycles. The molecule has 0 saturated carbocycles. The second-order valence-corrected chi connectivity index (χ2v) is 10.3. The molecule has 0 atom stereocenters. The molecule has 0 spiro atoms. The molecular formula is C33H33FN4O4. The van der Waals surface area contributed by atoms with E-state index < -0.39 is 5.82 Å². The molecule has 5 aromatic rings. The molecular weight excluding hydrogens is 535 g/mol. The number of methoxy groups -OCH3 is 2. The number of halogens is 1. The summed E-state index contributed by atoms with van der Waals surface area (Å²) in [6.45, 7) is 5.02. The zero-order valence-corrected chi connectivity index (χ0v) is 24.3. The maximum atomic E-state index is 15.4. The van der Waals surface area contributed by atoms with E-state index in [9.17, 15) is 4.79 Å². The molecule has 3 aromatic carbocycles. The minimum atomic E-state index is -0.619. The standard InChI is InChI=1S/C33H33FN4O4/c1-21(2)16-18-38(23-9-7-6-8-10-23)33-36-20-25(32(39)37(33)3)22-11-13-28(26(34)19-22)42-27-15-17-35-30-24(27)12-14-29(40-4)31(30)41-5/h6-15,17,19-21H,16,18H2,1-5H3. The number of hydrogen-bond donors (Lipinski definition) is 0. The molecule has 0 amide bonds. The van der Waals surface area contributed by atoms with E-state index in [1.807, 2.05) is 35.2 Å². The molecule has 0 bridgehead atoms. The Balaban J connectivity index is 1.47. The first-order valence-corrected chi connectivity index (χ1v) is 13.7. The van der Waals surface area contributed by atoms with Gasteiger partial charge >= 0.3 is 0 Å². The van der Waals surface area contributed by atoms with Gasteiger partial charge in [-0.1, -0.05) is 38.1 Å². The molecule has 0 fully saturated rings. The first-order chi connectivity index (χ1) is 20.3. The molecule has 0 aliphatic heterocycles. The van der Waals surface area contributed by atoms with E-state index >= 15 is 4.39 Å². The van der Waals surface area contributed by atoms with Crippen molar-refractivity contribution in [2.45, 2.75) is 20.3 Å². The monoisotopic (exact) mass is 568 g/mol. The Morgan fingerprint density at radius 2 is 1.69 bits per heavy atom. The Kier molecular flexibility index (Phi) is 8.38. The Hall–Kier alpha value is -4.92. The van der Waals surface area contributed by atoms with Crippen LogP contribution >= 0.6 is 0 Å². The minimum Gasteiger partial charge on any atom is -0.493 e. The van der Waals surface area contributed by atoms with Crippen molar-refractivity contribution in [2.24, 2.45) is 13.0 Å². The van der Waals surface area contributed by atoms with Crippen LogP contribution < -0.4 is 24.7 Å². The van der Waals surface area contributed by atoms with E-state index in [1.165, 1.54) is 30.0 Å². The van der Waals surface area contributed by atoms with E-state index in [0.29, 0.717) is 52.1 Å². The van der Waals surface area contributed by atoms with Crippen molar-refractivity contribution in [2.75, 3.05) is 25.7 Å². The third kappa shape index (κ3) is 5.63. The third-order valence-electron chi connectivity index (χ3n) is 7.06. The Labute approximate surface area is 244 Å². The lowest BCUT2D eigenvalue weighted by Gasteiger charge is -2.26. The average molecular weight is 569 g/mol. The highest BCUT2D eigenvalue weighted by Crippen LogP contribution is 2.39. The van der Waals surface area contributed by atoms with Gasteiger partial charge < -0.3 is 19.1 Å². The largest absolute Gasteiger partial charge is 0.493 e. The summed E-state index contributed by atoms with van der Waals surface area (Å²) in [6.07, 6.45) is 3.99. The van der Waals surface area contributed by atoms with Crippen molar-refractivity contribution in [3.63, 3.8) is 0 Å². The smallest absolute Gasteiger partial charge is 0.262 e. The molecule has 216 valence electrons. The van der Waals surface area contributed by atoms with Crippen molar-refractivity contribution < 1.29 is 18.6 Å². The van der Waals surface area contributed by atoms with Gasteiger partial charge in [-0.2, -0.15) is 0 Å². The average Bonchev–Trinajstić information content (AvgIpc) is 3.00. The van der Waals surface area contributed by atoms with Gasteiger partial charge in [0.25, 0.3) is 5.56 Å². The first kappa shape index (κ1) is 28.6. The predicted molar refractivity (Wildman–Crippen MR) is 163 cm³/mol. The number of fused-ring (bicyclic) bond motifs is 1. The fraction of sp³-hybridized carbons (Fsp3) is 0.242. The SMILES string of the molecule is COc1ccc2c(Oc3ccc(-c4cnc(N(CCC(C)C)c5ccccc5)n(C)c4=O)cc3F)ccnc2c1OC. The van der Waals surface area contributed by atoms with Crippen LogP contribution in [0.1, 0.15) is 20.3 Å². The van der Waals surface area contributed by atoms with Crippen LogP contribution in [0.5, 0.6) is 23.0 Å². The van der Waals surface area contributed by atoms with E-state index in [1.54, 1.807) is 44.6 Å². The molecule has 2 aromatic heterocycles.